The van der Waals surface area contributed by atoms with Crippen molar-refractivity contribution in [1.82, 2.24) is 15.2 Å². The topological polar surface area (TPSA) is 63.7 Å². The number of pyridine rings is 1. The Hall–Kier alpha value is -2.03. The van der Waals surface area contributed by atoms with Gasteiger partial charge in [0.1, 0.15) is 0 Å². The van der Waals surface area contributed by atoms with Crippen LogP contribution >= 0.6 is 0 Å². The van der Waals surface area contributed by atoms with Crippen molar-refractivity contribution in [2.24, 2.45) is 0 Å². The Morgan fingerprint density at radius 1 is 1.42 bits per heavy atom. The van der Waals surface area contributed by atoms with Crippen LogP contribution < -0.4 is 10.1 Å². The van der Waals surface area contributed by atoms with Crippen molar-refractivity contribution in [3.05, 3.63) is 23.9 Å². The molecule has 0 unspecified atom stereocenters. The summed E-state index contributed by atoms with van der Waals surface area (Å²) in [7, 11) is 0. The minimum absolute atomic E-state index is 0.0391. The number of hydrogen-bond acceptors (Lipinski definition) is 4. The molecule has 2 heterocycles. The molecule has 0 aliphatic carbocycles. The minimum atomic E-state index is -4.42. The van der Waals surface area contributed by atoms with Crippen molar-refractivity contribution in [3.63, 3.8) is 0 Å². The average Bonchev–Trinajstić information content (AvgIpc) is 2.49. The van der Waals surface area contributed by atoms with Crippen LogP contribution in [-0.4, -0.2) is 54.0 Å². The van der Waals surface area contributed by atoms with E-state index in [1.165, 1.54) is 12.3 Å². The van der Waals surface area contributed by atoms with Gasteiger partial charge in [0.25, 0.3) is 0 Å². The molecule has 134 valence electrons. The standard InChI is InChI=1S/C15H20F3N3O3/c1-10-7-21(8-11(2)24-10)14(22)20-6-12-3-4-19-13(5-12)23-9-15(16,17)18/h3-5,10-11H,6-9H2,1-2H3,(H,20,22)/t10-,11-/m0/s1. The van der Waals surface area contributed by atoms with Crippen LogP contribution in [0, 0.1) is 0 Å². The lowest BCUT2D eigenvalue weighted by Crippen LogP contribution is -2.51. The monoisotopic (exact) mass is 347 g/mol. The van der Waals surface area contributed by atoms with E-state index in [4.69, 9.17) is 4.74 Å². The van der Waals surface area contributed by atoms with Crippen LogP contribution in [0.4, 0.5) is 18.0 Å². The first-order valence-corrected chi connectivity index (χ1v) is 7.55. The highest BCUT2D eigenvalue weighted by molar-refractivity contribution is 5.74. The third-order valence-corrected chi connectivity index (χ3v) is 3.33. The zero-order chi connectivity index (χ0) is 17.7. The summed E-state index contributed by atoms with van der Waals surface area (Å²) in [6.07, 6.45) is -3.16. The van der Waals surface area contributed by atoms with Gasteiger partial charge in [-0.3, -0.25) is 0 Å². The maximum absolute atomic E-state index is 12.2. The molecule has 1 aromatic rings. The van der Waals surface area contributed by atoms with E-state index in [2.05, 4.69) is 15.0 Å². The van der Waals surface area contributed by atoms with Gasteiger partial charge in [-0.2, -0.15) is 13.2 Å². The molecule has 9 heteroatoms. The summed E-state index contributed by atoms with van der Waals surface area (Å²) in [6.45, 7) is 3.54. The number of morpholine rings is 1. The maximum Gasteiger partial charge on any atom is 0.422 e. The second-order valence-corrected chi connectivity index (χ2v) is 5.73. The highest BCUT2D eigenvalue weighted by Crippen LogP contribution is 2.17. The molecule has 2 rings (SSSR count). The van der Waals surface area contributed by atoms with Crippen molar-refractivity contribution < 1.29 is 27.4 Å². The fourth-order valence-corrected chi connectivity index (χ4v) is 2.43. The number of nitrogens with one attached hydrogen (secondary N) is 1. The zero-order valence-electron chi connectivity index (χ0n) is 13.5. The molecule has 1 fully saturated rings. The summed E-state index contributed by atoms with van der Waals surface area (Å²) >= 11 is 0. The smallest absolute Gasteiger partial charge is 0.422 e. The average molecular weight is 347 g/mol. The van der Waals surface area contributed by atoms with Crippen LogP contribution in [0.25, 0.3) is 0 Å². The highest BCUT2D eigenvalue weighted by atomic mass is 19.4. The lowest BCUT2D eigenvalue weighted by Gasteiger charge is -2.35. The molecule has 0 radical (unpaired) electrons. The molecular weight excluding hydrogens is 327 g/mol. The van der Waals surface area contributed by atoms with Gasteiger partial charge >= 0.3 is 12.2 Å². The van der Waals surface area contributed by atoms with Crippen LogP contribution in [0.1, 0.15) is 19.4 Å². The van der Waals surface area contributed by atoms with Crippen LogP contribution in [0.2, 0.25) is 0 Å². The molecule has 2 amide bonds. The SMILES string of the molecule is C[C@H]1CN(C(=O)NCc2ccnc(OCC(F)(F)F)c2)C[C@H](C)O1. The predicted octanol–water partition coefficient (Wildman–Crippen LogP) is 2.34. The van der Waals surface area contributed by atoms with E-state index in [9.17, 15) is 18.0 Å². The van der Waals surface area contributed by atoms with E-state index in [1.54, 1.807) is 11.0 Å². The first-order chi connectivity index (χ1) is 11.2. The lowest BCUT2D eigenvalue weighted by molar-refractivity contribution is -0.154. The fourth-order valence-electron chi connectivity index (χ4n) is 2.43. The molecule has 2 atom stereocenters. The number of carbonyl (C=O) groups is 1. The Morgan fingerprint density at radius 3 is 2.71 bits per heavy atom. The number of nitrogens with zero attached hydrogens (tertiary/aromatic N) is 2. The summed E-state index contributed by atoms with van der Waals surface area (Å²) in [6, 6.07) is 2.73. The molecule has 0 aromatic carbocycles. The van der Waals surface area contributed by atoms with E-state index >= 15 is 0 Å². The summed E-state index contributed by atoms with van der Waals surface area (Å²) in [4.78, 5) is 17.5. The lowest BCUT2D eigenvalue weighted by atomic mass is 10.2. The van der Waals surface area contributed by atoms with Crippen molar-refractivity contribution >= 4 is 6.03 Å². The van der Waals surface area contributed by atoms with Gasteiger partial charge in [0.05, 0.1) is 12.2 Å². The Labute approximate surface area is 137 Å². The van der Waals surface area contributed by atoms with Gasteiger partial charge in [0.15, 0.2) is 6.61 Å². The van der Waals surface area contributed by atoms with Crippen LogP contribution in [0.5, 0.6) is 5.88 Å². The molecule has 1 N–H and O–H groups in total. The largest absolute Gasteiger partial charge is 0.468 e. The zero-order valence-corrected chi connectivity index (χ0v) is 13.5. The molecule has 0 bridgehead atoms. The van der Waals surface area contributed by atoms with Gasteiger partial charge < -0.3 is 19.7 Å². The predicted molar refractivity (Wildman–Crippen MR) is 79.6 cm³/mol. The third kappa shape index (κ3) is 5.88. The quantitative estimate of drug-likeness (QED) is 0.908. The van der Waals surface area contributed by atoms with Gasteiger partial charge in [-0.05, 0) is 25.5 Å². The number of carbonyl (C=O) groups excluding carboxylic acids is 1. The fraction of sp³-hybridized carbons (Fsp3) is 0.600. The van der Waals surface area contributed by atoms with Gasteiger partial charge in [0, 0.05) is 31.9 Å². The van der Waals surface area contributed by atoms with E-state index in [0.29, 0.717) is 18.7 Å². The second-order valence-electron chi connectivity index (χ2n) is 5.73. The van der Waals surface area contributed by atoms with Crippen molar-refractivity contribution in [3.8, 4) is 5.88 Å². The highest BCUT2D eigenvalue weighted by Gasteiger charge is 2.29. The Balaban J connectivity index is 1.86. The number of ether oxygens (including phenoxy) is 2. The summed E-state index contributed by atoms with van der Waals surface area (Å²) in [5.41, 5.74) is 0.602. The van der Waals surface area contributed by atoms with E-state index in [-0.39, 0.29) is 30.7 Å². The molecular formula is C15H20F3N3O3. The van der Waals surface area contributed by atoms with Gasteiger partial charge in [-0.25, -0.2) is 9.78 Å². The Morgan fingerprint density at radius 2 is 2.08 bits per heavy atom. The minimum Gasteiger partial charge on any atom is -0.468 e. The number of aromatic nitrogens is 1. The maximum atomic E-state index is 12.2. The van der Waals surface area contributed by atoms with Gasteiger partial charge in [-0.1, -0.05) is 0 Å². The van der Waals surface area contributed by atoms with Crippen molar-refractivity contribution in [2.75, 3.05) is 19.7 Å². The van der Waals surface area contributed by atoms with Crippen LogP contribution in [0.15, 0.2) is 18.3 Å². The first-order valence-electron chi connectivity index (χ1n) is 7.55. The van der Waals surface area contributed by atoms with Crippen molar-refractivity contribution in [2.45, 2.75) is 38.8 Å². The van der Waals surface area contributed by atoms with E-state index < -0.39 is 12.8 Å². The molecule has 1 aliphatic heterocycles. The van der Waals surface area contributed by atoms with Gasteiger partial charge in [-0.15, -0.1) is 0 Å². The first kappa shape index (κ1) is 18.3. The third-order valence-electron chi connectivity index (χ3n) is 3.33. The number of urea groups is 1. The van der Waals surface area contributed by atoms with Crippen LogP contribution in [-0.2, 0) is 11.3 Å². The summed E-state index contributed by atoms with van der Waals surface area (Å²) in [5.74, 6) is -0.132. The number of alkyl halides is 3. The van der Waals surface area contributed by atoms with Gasteiger partial charge in [0.2, 0.25) is 5.88 Å². The normalized spacial score (nSPS) is 21.5. The Kier molecular flexibility index (Phi) is 5.87. The molecule has 24 heavy (non-hydrogen) atoms. The molecule has 1 aliphatic rings. The van der Waals surface area contributed by atoms with E-state index in [1.807, 2.05) is 13.8 Å². The Bertz CT molecular complexity index is 558. The molecule has 1 saturated heterocycles. The molecule has 1 aromatic heterocycles. The molecule has 0 spiro atoms. The second kappa shape index (κ2) is 7.69. The molecule has 0 saturated carbocycles. The molecule has 6 nitrogen and oxygen atoms in total. The summed E-state index contributed by atoms with van der Waals surface area (Å²) < 4.78 is 46.6. The number of halogens is 3. The summed E-state index contributed by atoms with van der Waals surface area (Å²) in [5, 5.41) is 2.74. The van der Waals surface area contributed by atoms with Crippen LogP contribution in [0.3, 0.4) is 0 Å². The number of amides is 2. The van der Waals surface area contributed by atoms with Crippen molar-refractivity contribution in [1.29, 1.82) is 0 Å². The number of rotatable bonds is 4. The van der Waals surface area contributed by atoms with E-state index in [0.717, 1.165) is 0 Å². The number of hydrogen-bond donors (Lipinski definition) is 1.